The summed E-state index contributed by atoms with van der Waals surface area (Å²) >= 11 is 0. The molecule has 0 aliphatic heterocycles. The Morgan fingerprint density at radius 1 is 0.381 bits per heavy atom. The van der Waals surface area contributed by atoms with Gasteiger partial charge in [-0.05, 0) is 82.1 Å². The van der Waals surface area contributed by atoms with Gasteiger partial charge in [-0.25, -0.2) is 0 Å². The zero-order valence-electron chi connectivity index (χ0n) is 22.9. The van der Waals surface area contributed by atoms with E-state index in [9.17, 15) is 0 Å². The third-order valence-electron chi connectivity index (χ3n) is 8.03. The Morgan fingerprint density at radius 2 is 0.952 bits per heavy atom. The predicted octanol–water partition coefficient (Wildman–Crippen LogP) is 11.5. The number of para-hydroxylation sites is 2. The predicted molar refractivity (Wildman–Crippen MR) is 177 cm³/mol. The van der Waals surface area contributed by atoms with Gasteiger partial charge < -0.3 is 9.32 Å². The minimum atomic E-state index is 0.900. The van der Waals surface area contributed by atoms with Crippen molar-refractivity contribution in [2.75, 3.05) is 4.90 Å². The molecule has 0 N–H and O–H groups in total. The molecule has 0 fully saturated rings. The molecule has 0 unspecified atom stereocenters. The van der Waals surface area contributed by atoms with Gasteiger partial charge in [0.1, 0.15) is 11.2 Å². The molecule has 0 aliphatic carbocycles. The van der Waals surface area contributed by atoms with Gasteiger partial charge in [-0.1, -0.05) is 109 Å². The highest BCUT2D eigenvalue weighted by molar-refractivity contribution is 6.18. The minimum Gasteiger partial charge on any atom is -0.455 e. The Balaban J connectivity index is 1.25. The largest absolute Gasteiger partial charge is 0.455 e. The number of hydrogen-bond acceptors (Lipinski definition) is 2. The zero-order chi connectivity index (χ0) is 27.9. The van der Waals surface area contributed by atoms with Crippen molar-refractivity contribution < 1.29 is 4.42 Å². The van der Waals surface area contributed by atoms with Crippen molar-refractivity contribution >= 4 is 49.8 Å². The molecule has 2 nitrogen and oxygen atoms in total. The van der Waals surface area contributed by atoms with Crippen LogP contribution >= 0.6 is 0 Å². The molecule has 0 spiro atoms. The van der Waals surface area contributed by atoms with Gasteiger partial charge in [-0.3, -0.25) is 0 Å². The van der Waals surface area contributed by atoms with E-state index in [1.54, 1.807) is 0 Å². The molecular formula is C40H27NO. The molecule has 8 rings (SSSR count). The normalized spacial score (nSPS) is 11.3. The molecule has 42 heavy (non-hydrogen) atoms. The van der Waals surface area contributed by atoms with Crippen LogP contribution in [0.15, 0.2) is 168 Å². The maximum absolute atomic E-state index is 6.58. The van der Waals surface area contributed by atoms with E-state index < -0.39 is 0 Å². The fourth-order valence-electron chi connectivity index (χ4n) is 6.05. The zero-order valence-corrected chi connectivity index (χ0v) is 22.9. The van der Waals surface area contributed by atoms with Crippen molar-refractivity contribution in [1.29, 1.82) is 0 Å². The number of furan rings is 1. The Bertz CT molecular complexity index is 2120. The first-order valence-corrected chi connectivity index (χ1v) is 14.3. The second kappa shape index (κ2) is 10.1. The summed E-state index contributed by atoms with van der Waals surface area (Å²) in [4.78, 5) is 2.28. The fraction of sp³-hybridized carbons (Fsp3) is 0. The van der Waals surface area contributed by atoms with E-state index in [0.29, 0.717) is 0 Å². The van der Waals surface area contributed by atoms with E-state index in [1.807, 2.05) is 0 Å². The molecule has 0 atom stereocenters. The van der Waals surface area contributed by atoms with Crippen LogP contribution in [0.3, 0.4) is 0 Å². The summed E-state index contributed by atoms with van der Waals surface area (Å²) in [6.45, 7) is 0. The monoisotopic (exact) mass is 537 g/mol. The Kier molecular flexibility index (Phi) is 5.82. The molecule has 1 heterocycles. The standard InChI is InChI=1S/C40H27NO/c1-4-12-29(13-5-1)39-35-19-11-10-14-31(35)27-37-36-26-30(22-25-38(36)42-40(37)39)28-20-23-34(24-21-28)41(32-15-6-2-7-16-32)33-17-8-3-9-18-33/h1-27H. The lowest BCUT2D eigenvalue weighted by atomic mass is 9.94. The molecule has 0 amide bonds. The minimum absolute atomic E-state index is 0.900. The van der Waals surface area contributed by atoms with Crippen molar-refractivity contribution in [2.45, 2.75) is 0 Å². The summed E-state index contributed by atoms with van der Waals surface area (Å²) in [5.41, 5.74) is 9.85. The highest BCUT2D eigenvalue weighted by atomic mass is 16.3. The average molecular weight is 538 g/mol. The molecule has 0 aliphatic rings. The van der Waals surface area contributed by atoms with E-state index in [0.717, 1.165) is 55.7 Å². The van der Waals surface area contributed by atoms with Gasteiger partial charge in [-0.15, -0.1) is 0 Å². The van der Waals surface area contributed by atoms with Gasteiger partial charge in [0.2, 0.25) is 0 Å². The lowest BCUT2D eigenvalue weighted by molar-refractivity contribution is 0.670. The first-order valence-electron chi connectivity index (χ1n) is 14.3. The Morgan fingerprint density at radius 3 is 1.64 bits per heavy atom. The van der Waals surface area contributed by atoms with Crippen LogP contribution in [0, 0.1) is 0 Å². The van der Waals surface area contributed by atoms with Gasteiger partial charge in [0.25, 0.3) is 0 Å². The first kappa shape index (κ1) is 24.2. The van der Waals surface area contributed by atoms with E-state index in [4.69, 9.17) is 4.42 Å². The van der Waals surface area contributed by atoms with Crippen LogP contribution in [0.5, 0.6) is 0 Å². The summed E-state index contributed by atoms with van der Waals surface area (Å²) < 4.78 is 6.58. The number of hydrogen-bond donors (Lipinski definition) is 0. The number of benzene rings is 7. The van der Waals surface area contributed by atoms with Crippen LogP contribution in [0.1, 0.15) is 0 Å². The molecule has 198 valence electrons. The smallest absolute Gasteiger partial charge is 0.143 e. The van der Waals surface area contributed by atoms with Crippen LogP contribution in [-0.2, 0) is 0 Å². The average Bonchev–Trinajstić information content (AvgIpc) is 3.43. The number of anilines is 3. The third-order valence-corrected chi connectivity index (χ3v) is 8.03. The van der Waals surface area contributed by atoms with E-state index in [2.05, 4.69) is 169 Å². The molecule has 0 radical (unpaired) electrons. The van der Waals surface area contributed by atoms with Crippen molar-refractivity contribution in [3.05, 3.63) is 164 Å². The Hall–Kier alpha value is -5.60. The van der Waals surface area contributed by atoms with Gasteiger partial charge in [0, 0.05) is 33.4 Å². The summed E-state index contributed by atoms with van der Waals surface area (Å²) in [7, 11) is 0. The van der Waals surface area contributed by atoms with E-state index in [1.165, 1.54) is 16.3 Å². The van der Waals surface area contributed by atoms with Crippen LogP contribution in [0.4, 0.5) is 17.1 Å². The fourth-order valence-corrected chi connectivity index (χ4v) is 6.05. The highest BCUT2D eigenvalue weighted by Crippen LogP contribution is 2.42. The van der Waals surface area contributed by atoms with Gasteiger partial charge in [-0.2, -0.15) is 0 Å². The topological polar surface area (TPSA) is 16.4 Å². The van der Waals surface area contributed by atoms with Crippen molar-refractivity contribution in [1.82, 2.24) is 0 Å². The number of fused-ring (bicyclic) bond motifs is 4. The van der Waals surface area contributed by atoms with Crippen LogP contribution in [0.2, 0.25) is 0 Å². The molecule has 7 aromatic carbocycles. The Labute approximate surface area is 244 Å². The van der Waals surface area contributed by atoms with Gasteiger partial charge in [0.05, 0.1) is 0 Å². The first-order chi connectivity index (χ1) is 20.8. The molecule has 1 aromatic heterocycles. The number of rotatable bonds is 5. The maximum Gasteiger partial charge on any atom is 0.143 e. The molecule has 0 saturated carbocycles. The lowest BCUT2D eigenvalue weighted by Gasteiger charge is -2.25. The summed E-state index contributed by atoms with van der Waals surface area (Å²) in [6, 6.07) is 57.8. The number of nitrogens with zero attached hydrogens (tertiary/aromatic N) is 1. The van der Waals surface area contributed by atoms with Gasteiger partial charge in [0.15, 0.2) is 0 Å². The van der Waals surface area contributed by atoms with Crippen molar-refractivity contribution in [3.8, 4) is 22.3 Å². The van der Waals surface area contributed by atoms with Crippen LogP contribution < -0.4 is 4.90 Å². The molecule has 0 saturated heterocycles. The lowest BCUT2D eigenvalue weighted by Crippen LogP contribution is -2.09. The van der Waals surface area contributed by atoms with E-state index >= 15 is 0 Å². The second-order valence-electron chi connectivity index (χ2n) is 10.6. The van der Waals surface area contributed by atoms with Crippen LogP contribution in [0.25, 0.3) is 55.0 Å². The van der Waals surface area contributed by atoms with Crippen molar-refractivity contribution in [3.63, 3.8) is 0 Å². The van der Waals surface area contributed by atoms with Gasteiger partial charge >= 0.3 is 0 Å². The molecule has 8 aromatic rings. The quantitative estimate of drug-likeness (QED) is 0.217. The SMILES string of the molecule is c1ccc(-c2c3ccccc3cc3c2oc2ccc(-c4ccc(N(c5ccccc5)c5ccccc5)cc4)cc23)cc1. The van der Waals surface area contributed by atoms with Crippen LogP contribution in [-0.4, -0.2) is 0 Å². The van der Waals surface area contributed by atoms with E-state index in [-0.39, 0.29) is 0 Å². The summed E-state index contributed by atoms with van der Waals surface area (Å²) in [6.07, 6.45) is 0. The molecule has 2 heteroatoms. The van der Waals surface area contributed by atoms with Crippen molar-refractivity contribution in [2.24, 2.45) is 0 Å². The second-order valence-corrected chi connectivity index (χ2v) is 10.6. The summed E-state index contributed by atoms with van der Waals surface area (Å²) in [5, 5.41) is 4.68. The molecular weight excluding hydrogens is 510 g/mol. The summed E-state index contributed by atoms with van der Waals surface area (Å²) in [5.74, 6) is 0. The highest BCUT2D eigenvalue weighted by Gasteiger charge is 2.17. The molecule has 0 bridgehead atoms. The third kappa shape index (κ3) is 4.13. The maximum atomic E-state index is 6.58.